The molecule has 0 rings (SSSR count). The number of allylic oxidation sites excluding steroid dienone is 6. The maximum absolute atomic E-state index is 5.92. The van der Waals surface area contributed by atoms with Crippen molar-refractivity contribution in [3.05, 3.63) is 45.7 Å². The van der Waals surface area contributed by atoms with Crippen molar-refractivity contribution in [2.45, 2.75) is 55.4 Å². The predicted octanol–water partition coefficient (Wildman–Crippen LogP) is 5.12. The fraction of sp³-hybridized carbons (Fsp3) is 0.529. The molecule has 0 fully saturated rings. The first kappa shape index (κ1) is 16.8. The lowest BCUT2D eigenvalue weighted by atomic mass is 9.83. The average Bonchev–Trinajstić information content (AvgIpc) is 2.22. The zero-order chi connectivity index (χ0) is 14.6. The average molecular weight is 247 g/mol. The lowest BCUT2D eigenvalue weighted by molar-refractivity contribution is 0.763. The molecule has 0 unspecified atom stereocenters. The second-order valence-electron chi connectivity index (χ2n) is 5.72. The number of rotatable bonds is 4. The van der Waals surface area contributed by atoms with E-state index in [1.54, 1.807) is 0 Å². The van der Waals surface area contributed by atoms with Crippen LogP contribution in [-0.4, -0.2) is 0 Å². The zero-order valence-electron chi connectivity index (χ0n) is 13.4. The van der Waals surface area contributed by atoms with Crippen LogP contribution in [0.5, 0.6) is 0 Å². The van der Waals surface area contributed by atoms with Gasteiger partial charge in [0.05, 0.1) is 0 Å². The minimum atomic E-state index is 0.480. The van der Waals surface area contributed by atoms with Gasteiger partial charge in [0, 0.05) is 5.70 Å². The van der Waals surface area contributed by atoms with Gasteiger partial charge in [-0.15, -0.1) is 0 Å². The molecule has 0 aromatic rings. The van der Waals surface area contributed by atoms with Crippen molar-refractivity contribution in [3.63, 3.8) is 0 Å². The van der Waals surface area contributed by atoms with Gasteiger partial charge in [0.2, 0.25) is 0 Å². The Kier molecular flexibility index (Phi) is 6.17. The van der Waals surface area contributed by atoms with Crippen LogP contribution in [0.25, 0.3) is 0 Å². The molecule has 0 aromatic heterocycles. The Labute approximate surface area is 113 Å². The van der Waals surface area contributed by atoms with Crippen LogP contribution in [0.3, 0.4) is 0 Å². The third-order valence-electron chi connectivity index (χ3n) is 3.37. The number of hydrogen-bond acceptors (Lipinski definition) is 1. The highest BCUT2D eigenvalue weighted by Gasteiger charge is 2.17. The van der Waals surface area contributed by atoms with Crippen molar-refractivity contribution in [1.82, 2.24) is 0 Å². The Morgan fingerprint density at radius 1 is 0.833 bits per heavy atom. The Hall–Kier alpha value is -1.24. The van der Waals surface area contributed by atoms with Crippen LogP contribution in [0.4, 0.5) is 0 Å². The summed E-state index contributed by atoms with van der Waals surface area (Å²) in [4.78, 5) is 0. The number of hydrogen-bond donors (Lipinski definition) is 1. The van der Waals surface area contributed by atoms with Crippen LogP contribution in [0.1, 0.15) is 55.4 Å². The van der Waals surface area contributed by atoms with Crippen molar-refractivity contribution >= 4 is 0 Å². The monoisotopic (exact) mass is 247 g/mol. The van der Waals surface area contributed by atoms with E-state index in [1.807, 2.05) is 0 Å². The summed E-state index contributed by atoms with van der Waals surface area (Å²) < 4.78 is 0. The molecule has 0 spiro atoms. The molecule has 18 heavy (non-hydrogen) atoms. The summed E-state index contributed by atoms with van der Waals surface area (Å²) in [7, 11) is 0. The summed E-state index contributed by atoms with van der Waals surface area (Å²) in [5.41, 5.74) is 14.3. The highest BCUT2D eigenvalue weighted by atomic mass is 14.6. The lowest BCUT2D eigenvalue weighted by Gasteiger charge is -2.23. The van der Waals surface area contributed by atoms with E-state index in [9.17, 15) is 0 Å². The van der Waals surface area contributed by atoms with Crippen LogP contribution >= 0.6 is 0 Å². The minimum absolute atomic E-state index is 0.480. The second-order valence-corrected chi connectivity index (χ2v) is 5.72. The third-order valence-corrected chi connectivity index (χ3v) is 3.37. The predicted molar refractivity (Wildman–Crippen MR) is 83.3 cm³/mol. The Balaban J connectivity index is 6.31. The van der Waals surface area contributed by atoms with E-state index >= 15 is 0 Å². The molecule has 0 aliphatic carbocycles. The molecule has 2 N–H and O–H groups in total. The van der Waals surface area contributed by atoms with Crippen LogP contribution in [0, 0.1) is 5.92 Å². The molecule has 0 saturated heterocycles. The molecule has 0 atom stereocenters. The summed E-state index contributed by atoms with van der Waals surface area (Å²) in [5, 5.41) is 0. The van der Waals surface area contributed by atoms with Crippen LogP contribution in [0.15, 0.2) is 45.7 Å². The molecule has 0 aliphatic rings. The van der Waals surface area contributed by atoms with Crippen molar-refractivity contribution in [1.29, 1.82) is 0 Å². The van der Waals surface area contributed by atoms with Gasteiger partial charge in [-0.05, 0) is 69.8 Å². The van der Waals surface area contributed by atoms with Gasteiger partial charge < -0.3 is 5.73 Å². The fourth-order valence-electron chi connectivity index (χ4n) is 2.21. The normalized spacial score (nSPS) is 12.1. The molecule has 0 saturated carbocycles. The molecule has 0 aliphatic heterocycles. The highest BCUT2D eigenvalue weighted by Crippen LogP contribution is 2.33. The Morgan fingerprint density at radius 2 is 1.28 bits per heavy atom. The van der Waals surface area contributed by atoms with Crippen LogP contribution < -0.4 is 5.73 Å². The van der Waals surface area contributed by atoms with Gasteiger partial charge in [0.1, 0.15) is 0 Å². The van der Waals surface area contributed by atoms with Crippen molar-refractivity contribution < 1.29 is 0 Å². The molecular weight excluding hydrogens is 218 g/mol. The van der Waals surface area contributed by atoms with Gasteiger partial charge in [-0.25, -0.2) is 0 Å². The van der Waals surface area contributed by atoms with Crippen molar-refractivity contribution in [2.75, 3.05) is 0 Å². The minimum Gasteiger partial charge on any atom is -0.399 e. The maximum atomic E-state index is 5.92. The molecule has 1 nitrogen and oxygen atoms in total. The summed E-state index contributed by atoms with van der Waals surface area (Å²) in [6, 6.07) is 0. The molecule has 0 bridgehead atoms. The summed E-state index contributed by atoms with van der Waals surface area (Å²) in [6.45, 7) is 21.2. The van der Waals surface area contributed by atoms with Crippen molar-refractivity contribution in [2.24, 2.45) is 11.7 Å². The largest absolute Gasteiger partial charge is 0.399 e. The second kappa shape index (κ2) is 6.63. The molecule has 0 amide bonds. The van der Waals surface area contributed by atoms with Gasteiger partial charge >= 0.3 is 0 Å². The first-order valence-corrected chi connectivity index (χ1v) is 6.59. The topological polar surface area (TPSA) is 26.0 Å². The number of nitrogens with two attached hydrogens (primary N) is 1. The maximum Gasteiger partial charge on any atom is 0.0276 e. The van der Waals surface area contributed by atoms with Gasteiger partial charge in [-0.2, -0.15) is 0 Å². The quantitative estimate of drug-likeness (QED) is 0.685. The molecule has 0 aromatic carbocycles. The van der Waals surface area contributed by atoms with Gasteiger partial charge in [0.15, 0.2) is 0 Å². The van der Waals surface area contributed by atoms with E-state index in [0.717, 1.165) is 5.57 Å². The van der Waals surface area contributed by atoms with Gasteiger partial charge in [-0.1, -0.05) is 31.6 Å². The first-order valence-electron chi connectivity index (χ1n) is 6.59. The Bertz CT molecular complexity index is 421. The summed E-state index contributed by atoms with van der Waals surface area (Å²) in [6.07, 6.45) is 0. The van der Waals surface area contributed by atoms with Gasteiger partial charge in [-0.3, -0.25) is 0 Å². The van der Waals surface area contributed by atoms with E-state index in [2.05, 4.69) is 62.0 Å². The standard InChI is InChI=1S/C17H29N/c1-10(2)13(7)17(14(8)15(9)18)16(11(3)4)12(5)6/h11H,9,18H2,1-8H3/b17-14+. The molecule has 1 heteroatoms. The fourth-order valence-corrected chi connectivity index (χ4v) is 2.21. The Morgan fingerprint density at radius 3 is 1.50 bits per heavy atom. The van der Waals surface area contributed by atoms with E-state index in [0.29, 0.717) is 11.6 Å². The molecule has 0 radical (unpaired) electrons. The molecule has 102 valence electrons. The summed E-state index contributed by atoms with van der Waals surface area (Å²) >= 11 is 0. The molecule has 0 heterocycles. The van der Waals surface area contributed by atoms with Gasteiger partial charge in [0.25, 0.3) is 0 Å². The SMILES string of the molecule is C=C(N)/C(C)=C(\C(C)=C(C)C)C(=C(C)C)C(C)C. The molecular formula is C17H29N. The van der Waals surface area contributed by atoms with Crippen LogP contribution in [-0.2, 0) is 0 Å². The smallest absolute Gasteiger partial charge is 0.0276 e. The van der Waals surface area contributed by atoms with Crippen LogP contribution in [0.2, 0.25) is 0 Å². The van der Waals surface area contributed by atoms with E-state index < -0.39 is 0 Å². The third kappa shape index (κ3) is 3.90. The van der Waals surface area contributed by atoms with E-state index in [-0.39, 0.29) is 0 Å². The highest BCUT2D eigenvalue weighted by molar-refractivity contribution is 5.55. The van der Waals surface area contributed by atoms with E-state index in [4.69, 9.17) is 5.73 Å². The summed E-state index contributed by atoms with van der Waals surface area (Å²) in [5.74, 6) is 0.480. The first-order chi connectivity index (χ1) is 8.11. The van der Waals surface area contributed by atoms with E-state index in [1.165, 1.54) is 27.9 Å². The lowest BCUT2D eigenvalue weighted by Crippen LogP contribution is -2.09. The zero-order valence-corrected chi connectivity index (χ0v) is 13.4. The van der Waals surface area contributed by atoms with Crippen molar-refractivity contribution in [3.8, 4) is 0 Å².